The van der Waals surface area contributed by atoms with Crippen LogP contribution in [0.3, 0.4) is 0 Å². The number of aliphatic hydroxyl groups excluding tert-OH is 1. The van der Waals surface area contributed by atoms with Crippen LogP contribution in [-0.4, -0.2) is 54.0 Å². The molecule has 2 unspecified atom stereocenters. The lowest BCUT2D eigenvalue weighted by Gasteiger charge is -2.14. The Labute approximate surface area is 107 Å². The minimum atomic E-state index is -2.80. The fourth-order valence-electron chi connectivity index (χ4n) is 2.18. The summed E-state index contributed by atoms with van der Waals surface area (Å²) in [6.45, 7) is 1.55. The van der Waals surface area contributed by atoms with Gasteiger partial charge in [-0.15, -0.1) is 0 Å². The third-order valence-electron chi connectivity index (χ3n) is 3.10. The molecule has 1 aliphatic heterocycles. The van der Waals surface area contributed by atoms with Crippen LogP contribution in [0.15, 0.2) is 18.5 Å². The first-order chi connectivity index (χ1) is 8.55. The first kappa shape index (κ1) is 13.5. The monoisotopic (exact) mass is 273 g/mol. The first-order valence-electron chi connectivity index (χ1n) is 6.12. The van der Waals surface area contributed by atoms with Crippen molar-refractivity contribution < 1.29 is 13.5 Å². The molecule has 2 N–H and O–H groups in total. The van der Waals surface area contributed by atoms with Crippen molar-refractivity contribution in [2.24, 2.45) is 5.92 Å². The van der Waals surface area contributed by atoms with Gasteiger partial charge in [0.05, 0.1) is 24.2 Å². The number of hydrogen-bond acceptors (Lipinski definition) is 5. The summed E-state index contributed by atoms with van der Waals surface area (Å²) in [6, 6.07) is 1.81. The summed E-state index contributed by atoms with van der Waals surface area (Å²) in [6.07, 6.45) is 3.68. The van der Waals surface area contributed by atoms with E-state index >= 15 is 0 Å². The average molecular weight is 273 g/mol. The lowest BCUT2D eigenvalue weighted by atomic mass is 10.1. The Morgan fingerprint density at radius 3 is 3.00 bits per heavy atom. The van der Waals surface area contributed by atoms with Gasteiger partial charge < -0.3 is 10.4 Å². The zero-order chi connectivity index (χ0) is 13.0. The molecule has 0 bridgehead atoms. The second-order valence-electron chi connectivity index (χ2n) is 4.81. The summed E-state index contributed by atoms with van der Waals surface area (Å²) in [5, 5.41) is 16.9. The molecular weight excluding hydrogens is 254 g/mol. The van der Waals surface area contributed by atoms with Gasteiger partial charge >= 0.3 is 0 Å². The van der Waals surface area contributed by atoms with Gasteiger partial charge in [-0.05, 0) is 24.9 Å². The minimum Gasteiger partial charge on any atom is -0.390 e. The summed E-state index contributed by atoms with van der Waals surface area (Å²) < 4.78 is 24.2. The smallest absolute Gasteiger partial charge is 0.150 e. The molecule has 1 aromatic heterocycles. The van der Waals surface area contributed by atoms with Crippen molar-refractivity contribution in [1.29, 1.82) is 0 Å². The molecule has 7 heteroatoms. The fourth-order valence-corrected chi connectivity index (χ4v) is 4.04. The Morgan fingerprint density at radius 2 is 2.39 bits per heavy atom. The molecule has 0 radical (unpaired) electrons. The predicted molar refractivity (Wildman–Crippen MR) is 67.9 cm³/mol. The lowest BCUT2D eigenvalue weighted by Crippen LogP contribution is -2.33. The van der Waals surface area contributed by atoms with E-state index in [9.17, 15) is 13.5 Å². The summed E-state index contributed by atoms with van der Waals surface area (Å²) in [7, 11) is -2.80. The zero-order valence-electron chi connectivity index (χ0n) is 10.2. The third-order valence-corrected chi connectivity index (χ3v) is 4.93. The van der Waals surface area contributed by atoms with Crippen LogP contribution in [0, 0.1) is 5.92 Å². The van der Waals surface area contributed by atoms with E-state index in [1.54, 1.807) is 17.1 Å². The number of aliphatic hydroxyl groups is 1. The molecule has 1 fully saturated rings. The molecule has 0 saturated carbocycles. The standard InChI is InChI=1S/C11H19N3O3S/c15-11(8-14-4-1-3-13-14)7-12-6-10-2-5-18(16,17)9-10/h1,3-4,10-12,15H,2,5-9H2. The SMILES string of the molecule is O=S1(=O)CCC(CNCC(O)Cn2cccn2)C1. The third kappa shape index (κ3) is 4.08. The molecule has 0 aromatic carbocycles. The summed E-state index contributed by atoms with van der Waals surface area (Å²) in [5.74, 6) is 0.761. The summed E-state index contributed by atoms with van der Waals surface area (Å²) in [4.78, 5) is 0. The van der Waals surface area contributed by atoms with Crippen molar-refractivity contribution in [1.82, 2.24) is 15.1 Å². The Kier molecular flexibility index (Phi) is 4.36. The first-order valence-corrected chi connectivity index (χ1v) is 7.94. The largest absolute Gasteiger partial charge is 0.390 e. The van der Waals surface area contributed by atoms with Gasteiger partial charge in [0.2, 0.25) is 0 Å². The number of sulfone groups is 1. The lowest BCUT2D eigenvalue weighted by molar-refractivity contribution is 0.146. The van der Waals surface area contributed by atoms with Crippen LogP contribution in [0.2, 0.25) is 0 Å². The van der Waals surface area contributed by atoms with Crippen molar-refractivity contribution in [3.8, 4) is 0 Å². The molecule has 1 aromatic rings. The van der Waals surface area contributed by atoms with Gasteiger partial charge in [-0.2, -0.15) is 5.10 Å². The van der Waals surface area contributed by atoms with E-state index < -0.39 is 15.9 Å². The Balaban J connectivity index is 1.63. The number of nitrogens with zero attached hydrogens (tertiary/aromatic N) is 2. The van der Waals surface area contributed by atoms with Gasteiger partial charge in [-0.1, -0.05) is 0 Å². The molecule has 0 aliphatic carbocycles. The Bertz CT molecular complexity index is 458. The van der Waals surface area contributed by atoms with Gasteiger partial charge in [0.15, 0.2) is 9.84 Å². The van der Waals surface area contributed by atoms with Gasteiger partial charge in [0, 0.05) is 18.9 Å². The maximum Gasteiger partial charge on any atom is 0.150 e. The molecule has 1 aliphatic rings. The highest BCUT2D eigenvalue weighted by Gasteiger charge is 2.27. The van der Waals surface area contributed by atoms with E-state index in [2.05, 4.69) is 10.4 Å². The van der Waals surface area contributed by atoms with Crippen molar-refractivity contribution in [2.45, 2.75) is 19.1 Å². The molecule has 0 amide bonds. The van der Waals surface area contributed by atoms with E-state index in [-0.39, 0.29) is 11.7 Å². The highest BCUT2D eigenvalue weighted by Crippen LogP contribution is 2.17. The van der Waals surface area contributed by atoms with Gasteiger partial charge in [0.25, 0.3) is 0 Å². The van der Waals surface area contributed by atoms with Crippen molar-refractivity contribution >= 4 is 9.84 Å². The van der Waals surface area contributed by atoms with Crippen molar-refractivity contribution in [2.75, 3.05) is 24.6 Å². The van der Waals surface area contributed by atoms with Gasteiger partial charge in [-0.25, -0.2) is 8.42 Å². The average Bonchev–Trinajstić information content (AvgIpc) is 2.88. The van der Waals surface area contributed by atoms with E-state index in [1.165, 1.54) is 0 Å². The molecule has 102 valence electrons. The van der Waals surface area contributed by atoms with Crippen LogP contribution in [0.25, 0.3) is 0 Å². The summed E-state index contributed by atoms with van der Waals surface area (Å²) in [5.41, 5.74) is 0. The second-order valence-corrected chi connectivity index (χ2v) is 7.04. The van der Waals surface area contributed by atoms with Gasteiger partial charge in [-0.3, -0.25) is 4.68 Å². The molecule has 2 rings (SSSR count). The highest BCUT2D eigenvalue weighted by molar-refractivity contribution is 7.91. The molecule has 18 heavy (non-hydrogen) atoms. The number of rotatable bonds is 6. The van der Waals surface area contributed by atoms with Crippen LogP contribution in [0.1, 0.15) is 6.42 Å². The Morgan fingerprint density at radius 1 is 1.56 bits per heavy atom. The van der Waals surface area contributed by atoms with E-state index in [1.807, 2.05) is 6.07 Å². The summed E-state index contributed by atoms with van der Waals surface area (Å²) >= 11 is 0. The normalized spacial score (nSPS) is 24.2. The van der Waals surface area contributed by atoms with E-state index in [0.29, 0.717) is 25.4 Å². The number of nitrogens with one attached hydrogen (secondary N) is 1. The van der Waals surface area contributed by atoms with Crippen LogP contribution >= 0.6 is 0 Å². The molecule has 2 atom stereocenters. The zero-order valence-corrected chi connectivity index (χ0v) is 11.0. The molecule has 2 heterocycles. The van der Waals surface area contributed by atoms with E-state index in [4.69, 9.17) is 0 Å². The Hall–Kier alpha value is -0.920. The maximum atomic E-state index is 11.3. The fraction of sp³-hybridized carbons (Fsp3) is 0.727. The number of aromatic nitrogens is 2. The van der Waals surface area contributed by atoms with E-state index in [0.717, 1.165) is 6.42 Å². The highest BCUT2D eigenvalue weighted by atomic mass is 32.2. The van der Waals surface area contributed by atoms with Crippen LogP contribution < -0.4 is 5.32 Å². The molecular formula is C11H19N3O3S. The molecule has 1 saturated heterocycles. The quantitative estimate of drug-likeness (QED) is 0.714. The minimum absolute atomic E-state index is 0.187. The van der Waals surface area contributed by atoms with Crippen LogP contribution in [-0.2, 0) is 16.4 Å². The second kappa shape index (κ2) is 5.81. The predicted octanol–water partition coefficient (Wildman–Crippen LogP) is -0.732. The number of hydrogen-bond donors (Lipinski definition) is 2. The van der Waals surface area contributed by atoms with Crippen molar-refractivity contribution in [3.63, 3.8) is 0 Å². The molecule has 0 spiro atoms. The van der Waals surface area contributed by atoms with Gasteiger partial charge in [0.1, 0.15) is 0 Å². The van der Waals surface area contributed by atoms with Crippen LogP contribution in [0.5, 0.6) is 0 Å². The topological polar surface area (TPSA) is 84.2 Å². The van der Waals surface area contributed by atoms with Crippen molar-refractivity contribution in [3.05, 3.63) is 18.5 Å². The maximum absolute atomic E-state index is 11.3. The molecule has 6 nitrogen and oxygen atoms in total. The van der Waals surface area contributed by atoms with Crippen LogP contribution in [0.4, 0.5) is 0 Å².